The highest BCUT2D eigenvalue weighted by Gasteiger charge is 2.42. The van der Waals surface area contributed by atoms with Crippen LogP contribution in [0.5, 0.6) is 0 Å². The van der Waals surface area contributed by atoms with Gasteiger partial charge in [-0.25, -0.2) is 0 Å². The minimum atomic E-state index is -1.92. The zero-order valence-electron chi connectivity index (χ0n) is 75.7. The smallest absolute Gasteiger partial charge is 0.246 e. The molecule has 0 aliphatic rings. The van der Waals surface area contributed by atoms with E-state index in [0.717, 1.165) is 12.5 Å². The highest BCUT2D eigenvalue weighted by Crippen LogP contribution is 2.19. The molecular weight excluding hydrogens is 1750 g/mol. The largest absolute Gasteiger partial charge is 0.394 e. The van der Waals surface area contributed by atoms with Crippen LogP contribution in [0.3, 0.4) is 0 Å². The van der Waals surface area contributed by atoms with Gasteiger partial charge < -0.3 is 152 Å². The summed E-state index contributed by atoms with van der Waals surface area (Å²) in [5, 5.41) is 81.1. The Morgan fingerprint density at radius 1 is 0.394 bits per heavy atom. The van der Waals surface area contributed by atoms with Gasteiger partial charge >= 0.3 is 0 Å². The van der Waals surface area contributed by atoms with Crippen LogP contribution in [0, 0.1) is 22.7 Å². The number of primary amides is 3. The van der Waals surface area contributed by atoms with Gasteiger partial charge in [0, 0.05) is 25.9 Å². The Labute approximate surface area is 771 Å². The molecule has 0 radical (unpaired) electrons. The number of carbonyl (C=O) groups excluding carboxylic acids is 19. The maximum atomic E-state index is 14.6. The van der Waals surface area contributed by atoms with Crippen molar-refractivity contribution >= 4 is 137 Å². The number of guanidine groups is 2. The summed E-state index contributed by atoms with van der Waals surface area (Å²) >= 11 is 0. The molecule has 0 aliphatic carbocycles. The topological polar surface area (TPSA) is 837 Å². The molecule has 2 rings (SSSR count). The molecular formula is C82H137ClN28O21. The number of amides is 19. The summed E-state index contributed by atoms with van der Waals surface area (Å²) < 4.78 is 0. The van der Waals surface area contributed by atoms with Crippen LogP contribution in [-0.2, 0) is 104 Å². The number of aliphatic hydroxyl groups is 2. The van der Waals surface area contributed by atoms with E-state index in [2.05, 4.69) is 95.7 Å². The van der Waals surface area contributed by atoms with E-state index in [1.165, 1.54) is 34.6 Å². The second kappa shape index (κ2) is 61.5. The summed E-state index contributed by atoms with van der Waals surface area (Å²) in [5.41, 5.74) is 43.9. The Morgan fingerprint density at radius 2 is 0.788 bits per heavy atom. The van der Waals surface area contributed by atoms with Gasteiger partial charge in [0.25, 0.3) is 0 Å². The average molecular weight is 1890 g/mol. The Hall–Kier alpha value is -13.0. The molecule has 0 fully saturated rings. The van der Waals surface area contributed by atoms with E-state index < -0.39 is 253 Å². The van der Waals surface area contributed by atoms with Gasteiger partial charge in [0.05, 0.1) is 44.8 Å². The van der Waals surface area contributed by atoms with Crippen LogP contribution in [0.1, 0.15) is 156 Å². The van der Waals surface area contributed by atoms with E-state index in [4.69, 9.17) is 56.7 Å². The molecule has 0 aromatic heterocycles. The van der Waals surface area contributed by atoms with Crippen LogP contribution in [0.15, 0.2) is 60.7 Å². The molecule has 1 unspecified atom stereocenters. The van der Waals surface area contributed by atoms with Crippen molar-refractivity contribution < 1.29 is 101 Å². The normalized spacial score (nSPS) is 14.6. The fraction of sp³-hybridized carbons (Fsp3) is 0.598. The summed E-state index contributed by atoms with van der Waals surface area (Å²) in [6.45, 7) is 8.38. The highest BCUT2D eigenvalue weighted by atomic mass is 35.5. The lowest BCUT2D eigenvalue weighted by molar-refractivity contribution is -0.138. The van der Waals surface area contributed by atoms with Crippen molar-refractivity contribution in [1.29, 1.82) is 10.8 Å². The van der Waals surface area contributed by atoms with Crippen molar-refractivity contribution in [2.24, 2.45) is 57.7 Å². The number of carbonyl (C=O) groups is 19. The van der Waals surface area contributed by atoms with Crippen molar-refractivity contribution in [3.8, 4) is 0 Å². The number of nitrogens with one attached hydrogen (secondary N) is 20. The number of hydrogen-bond acceptors (Lipinski definition) is 26. The van der Waals surface area contributed by atoms with Gasteiger partial charge in [0.2, 0.25) is 112 Å². The summed E-state index contributed by atoms with van der Waals surface area (Å²) in [5.74, 6) is -20.5. The van der Waals surface area contributed by atoms with Gasteiger partial charge in [0.1, 0.15) is 78.0 Å². The van der Waals surface area contributed by atoms with Crippen LogP contribution in [0.4, 0.5) is 0 Å². The van der Waals surface area contributed by atoms with E-state index >= 15 is 0 Å². The Morgan fingerprint density at radius 3 is 1.23 bits per heavy atom. The molecule has 15 atom stereocenters. The zero-order chi connectivity index (χ0) is 98.8. The molecule has 2 aromatic carbocycles. The van der Waals surface area contributed by atoms with Crippen molar-refractivity contribution in [1.82, 2.24) is 95.7 Å². The SMILES string of the molecule is CC(C)C[C@H](NC(=O)[C@H](CCCCN)NC(=O)[C@H](CCCNC(=N)N)NC(=O)[C@H](C)NC(=O)[C@H](CO)NC(=O)[C@H](CCCCN)NC(=O)[C@H](CCCNC(=N)N)NC(=O)C(C)(NC(=O)CNC(=O)[C@@H](NC(=O)[C@H](Cc1ccccc1)NC(=O)CNC(=O)CNC(=O)[C@@H](N)Cc1ccccc1)[C@H](C)O)C(C)C)C(=O)N[C@@H](C)C(=O)N[C@@H](CC(N)=O)C(=O)N[C@@H](CCC(N)=O)C(N)=O.Cl. The lowest BCUT2D eigenvalue weighted by Gasteiger charge is -2.35. The fourth-order valence-electron chi connectivity index (χ4n) is 12.6. The first-order valence-corrected chi connectivity index (χ1v) is 43.0. The van der Waals surface area contributed by atoms with Gasteiger partial charge in [-0.3, -0.25) is 102 Å². The first-order valence-electron chi connectivity index (χ1n) is 43.0. The molecule has 132 heavy (non-hydrogen) atoms. The van der Waals surface area contributed by atoms with E-state index in [0.29, 0.717) is 18.4 Å². The molecule has 0 heterocycles. The highest BCUT2D eigenvalue weighted by molar-refractivity contribution is 6.02. The number of aliphatic hydroxyl groups excluding tert-OH is 2. The third kappa shape index (κ3) is 45.5. The van der Waals surface area contributed by atoms with Gasteiger partial charge in [-0.05, 0) is 147 Å². The fourth-order valence-corrected chi connectivity index (χ4v) is 12.6. The Bertz CT molecular complexity index is 4200. The summed E-state index contributed by atoms with van der Waals surface area (Å²) in [4.78, 5) is 257. The summed E-state index contributed by atoms with van der Waals surface area (Å²) in [6.07, 6.45) is -2.76. The standard InChI is InChI=1S/C82H136N28O21.ClH/c1-43(2)35-56(74(126)98-46(6)68(120)105-58(38-61(87)114)75(127)101-51(66(88)118)29-30-60(86)113)106-71(123)52(25-15-17-31-83)103-70(122)54(27-19-33-93-80(89)90)102-67(119)45(5)99-77(129)59(42-111)107-72(124)53(26-16-18-32-84)104-73(125)55(28-20-34-94-81(91)92)108-79(131)82(8,44(3)4)110-64(117)41-97-78(130)65(47(7)112)109-76(128)57(37-49-23-13-10-14-24-49)100-63(116)40-95-62(115)39-96-69(121)50(85)36-48-21-11-9-12-22-48;/h9-14,21-24,43-47,50-59,65,111-112H,15-20,25-42,83-85H2,1-8H3,(H2,86,113)(H2,87,114)(H2,88,118)(H,95,115)(H,96,121)(H,97,130)(H,98,126)(H,99,129)(H,100,116)(H,101,127)(H,102,119)(H,103,122)(H,104,125)(H,105,120)(H,106,123)(H,107,124)(H,108,131)(H,109,128)(H,110,117)(H4,89,90,93)(H4,91,92,94);1H/t45-,46-,47-,50-,51-,52-,53-,54-,55-,56-,57-,58-,59-,65-,82?;/m0./s1. The number of rotatable bonds is 63. The number of benzene rings is 2. The average Bonchev–Trinajstić information content (AvgIpc) is 0.812. The molecule has 38 N–H and O–H groups in total. The van der Waals surface area contributed by atoms with Crippen LogP contribution in [-0.4, -0.2) is 277 Å². The lowest BCUT2D eigenvalue weighted by Crippen LogP contribution is -2.65. The molecule has 0 aliphatic heterocycles. The molecule has 0 spiro atoms. The zero-order valence-corrected chi connectivity index (χ0v) is 76.5. The van der Waals surface area contributed by atoms with Crippen molar-refractivity contribution in [3.05, 3.63) is 71.8 Å². The second-order valence-corrected chi connectivity index (χ2v) is 32.3. The number of halogens is 1. The summed E-state index contributed by atoms with van der Waals surface area (Å²) in [7, 11) is 0. The number of hydrogen-bond donors (Lipinski definition) is 30. The maximum absolute atomic E-state index is 14.6. The van der Waals surface area contributed by atoms with Crippen molar-refractivity contribution in [2.45, 2.75) is 248 Å². The van der Waals surface area contributed by atoms with Crippen molar-refractivity contribution in [3.63, 3.8) is 0 Å². The van der Waals surface area contributed by atoms with Gasteiger partial charge in [-0.15, -0.1) is 12.4 Å². The quantitative estimate of drug-likeness (QED) is 0.0166. The van der Waals surface area contributed by atoms with E-state index in [9.17, 15) is 101 Å². The second-order valence-electron chi connectivity index (χ2n) is 32.3. The summed E-state index contributed by atoms with van der Waals surface area (Å²) in [6, 6.07) is -2.56. The van der Waals surface area contributed by atoms with Gasteiger partial charge in [0.15, 0.2) is 11.9 Å². The predicted octanol–water partition coefficient (Wildman–Crippen LogP) is -10.2. The number of nitrogens with two attached hydrogens (primary N) is 8. The molecule has 2 aromatic rings. The monoisotopic (exact) mass is 1890 g/mol. The minimum absolute atomic E-state index is 0. The van der Waals surface area contributed by atoms with Crippen LogP contribution < -0.4 is 142 Å². The van der Waals surface area contributed by atoms with E-state index in [1.54, 1.807) is 74.5 Å². The van der Waals surface area contributed by atoms with E-state index in [-0.39, 0.29) is 128 Å². The van der Waals surface area contributed by atoms with Gasteiger partial charge in [-0.1, -0.05) is 88.4 Å². The first-order chi connectivity index (χ1) is 61.7. The molecule has 19 amide bonds. The Kier molecular flexibility index (Phi) is 54.6. The van der Waals surface area contributed by atoms with E-state index in [1.807, 2.05) is 0 Å². The molecule has 0 saturated heterocycles. The maximum Gasteiger partial charge on any atom is 0.246 e. The minimum Gasteiger partial charge on any atom is -0.394 e. The van der Waals surface area contributed by atoms with Crippen molar-refractivity contribution in [2.75, 3.05) is 52.4 Å². The lowest BCUT2D eigenvalue weighted by atomic mass is 9.86. The van der Waals surface area contributed by atoms with Gasteiger partial charge in [-0.2, -0.15) is 0 Å². The molecule has 738 valence electrons. The first kappa shape index (κ1) is 117. The molecule has 0 saturated carbocycles. The van der Waals surface area contributed by atoms with Crippen LogP contribution in [0.25, 0.3) is 0 Å². The Balaban J connectivity index is 0.0000871. The molecule has 49 nitrogen and oxygen atoms in total. The molecule has 50 heteroatoms. The number of unbranched alkanes of at least 4 members (excludes halogenated alkanes) is 2. The third-order valence-electron chi connectivity index (χ3n) is 20.4. The van der Waals surface area contributed by atoms with Crippen LogP contribution in [0.2, 0.25) is 0 Å². The third-order valence-corrected chi connectivity index (χ3v) is 20.4. The predicted molar refractivity (Wildman–Crippen MR) is 484 cm³/mol. The van der Waals surface area contributed by atoms with Crippen LogP contribution >= 0.6 is 12.4 Å². The molecule has 0 bridgehead atoms.